The van der Waals surface area contributed by atoms with Crippen molar-refractivity contribution in [3.05, 3.63) is 69.3 Å². The van der Waals surface area contributed by atoms with Crippen LogP contribution in [-0.4, -0.2) is 47.3 Å². The van der Waals surface area contributed by atoms with Crippen molar-refractivity contribution in [3.63, 3.8) is 0 Å². The van der Waals surface area contributed by atoms with E-state index in [0.29, 0.717) is 11.4 Å². The second kappa shape index (κ2) is 10.1. The van der Waals surface area contributed by atoms with Gasteiger partial charge in [0.25, 0.3) is 11.6 Å². The quantitative estimate of drug-likeness (QED) is 0.409. The van der Waals surface area contributed by atoms with E-state index in [-0.39, 0.29) is 29.4 Å². The SMILES string of the molecule is CSc1ccc(C(=O)NCc2ccccc2CN2CC(C)OC(C)C2)cc1[N+](=O)[O-]. The summed E-state index contributed by atoms with van der Waals surface area (Å²) in [5.41, 5.74) is 2.43. The Labute approximate surface area is 180 Å². The van der Waals surface area contributed by atoms with Gasteiger partial charge in [0.15, 0.2) is 0 Å². The van der Waals surface area contributed by atoms with E-state index < -0.39 is 4.92 Å². The number of amides is 1. The molecule has 30 heavy (non-hydrogen) atoms. The Hall–Kier alpha value is -2.42. The van der Waals surface area contributed by atoms with Crippen LogP contribution in [0.15, 0.2) is 47.4 Å². The molecule has 0 radical (unpaired) electrons. The fraction of sp³-hybridized carbons (Fsp3) is 0.409. The summed E-state index contributed by atoms with van der Waals surface area (Å²) in [7, 11) is 0. The fourth-order valence-corrected chi connectivity index (χ4v) is 4.34. The number of nitro groups is 1. The number of nitrogens with zero attached hydrogens (tertiary/aromatic N) is 2. The highest BCUT2D eigenvalue weighted by Crippen LogP contribution is 2.28. The van der Waals surface area contributed by atoms with E-state index in [1.165, 1.54) is 17.8 Å². The molecule has 0 spiro atoms. The number of carbonyl (C=O) groups is 1. The van der Waals surface area contributed by atoms with Crippen molar-refractivity contribution in [2.24, 2.45) is 0 Å². The van der Waals surface area contributed by atoms with Gasteiger partial charge in [-0.2, -0.15) is 0 Å². The molecular formula is C22H27N3O4S. The minimum absolute atomic E-state index is 0.0499. The zero-order valence-electron chi connectivity index (χ0n) is 17.5. The molecule has 1 aliphatic rings. The molecule has 1 fully saturated rings. The molecule has 0 aliphatic carbocycles. The molecule has 1 N–H and O–H groups in total. The molecule has 2 unspecified atom stereocenters. The van der Waals surface area contributed by atoms with Gasteiger partial charge in [-0.05, 0) is 43.4 Å². The fourth-order valence-electron chi connectivity index (χ4n) is 3.79. The van der Waals surface area contributed by atoms with Crippen molar-refractivity contribution >= 4 is 23.4 Å². The summed E-state index contributed by atoms with van der Waals surface area (Å²) in [6, 6.07) is 12.6. The Morgan fingerprint density at radius 1 is 1.20 bits per heavy atom. The van der Waals surface area contributed by atoms with Crippen molar-refractivity contribution in [2.45, 2.75) is 44.0 Å². The number of rotatable bonds is 7. The smallest absolute Gasteiger partial charge is 0.283 e. The van der Waals surface area contributed by atoms with Crippen LogP contribution in [0.2, 0.25) is 0 Å². The van der Waals surface area contributed by atoms with Crippen LogP contribution in [0.25, 0.3) is 0 Å². The van der Waals surface area contributed by atoms with Crippen LogP contribution in [0.3, 0.4) is 0 Å². The second-order valence-corrected chi connectivity index (χ2v) is 8.39. The summed E-state index contributed by atoms with van der Waals surface area (Å²) in [5, 5.41) is 14.2. The molecule has 2 aromatic carbocycles. The minimum atomic E-state index is -0.456. The van der Waals surface area contributed by atoms with Crippen molar-refractivity contribution in [1.82, 2.24) is 10.2 Å². The molecule has 0 saturated carbocycles. The lowest BCUT2D eigenvalue weighted by atomic mass is 10.1. The molecule has 2 atom stereocenters. The molecular weight excluding hydrogens is 402 g/mol. The largest absolute Gasteiger partial charge is 0.373 e. The zero-order valence-corrected chi connectivity index (χ0v) is 18.3. The van der Waals surface area contributed by atoms with Gasteiger partial charge in [-0.15, -0.1) is 11.8 Å². The predicted molar refractivity (Wildman–Crippen MR) is 118 cm³/mol. The number of nitro benzene ring substituents is 1. The molecule has 7 nitrogen and oxygen atoms in total. The van der Waals surface area contributed by atoms with E-state index in [2.05, 4.69) is 30.1 Å². The van der Waals surface area contributed by atoms with E-state index in [4.69, 9.17) is 4.74 Å². The first kappa shape index (κ1) is 22.3. The van der Waals surface area contributed by atoms with Gasteiger partial charge in [-0.25, -0.2) is 0 Å². The van der Waals surface area contributed by atoms with Gasteiger partial charge >= 0.3 is 0 Å². The summed E-state index contributed by atoms with van der Waals surface area (Å²) < 4.78 is 5.81. The molecule has 3 rings (SSSR count). The van der Waals surface area contributed by atoms with Crippen molar-refractivity contribution in [3.8, 4) is 0 Å². The average Bonchev–Trinajstić information content (AvgIpc) is 2.71. The maximum absolute atomic E-state index is 12.6. The Bertz CT molecular complexity index is 911. The number of morpholine rings is 1. The van der Waals surface area contributed by atoms with Gasteiger partial charge in [0.05, 0.1) is 22.0 Å². The average molecular weight is 430 g/mol. The second-order valence-electron chi connectivity index (χ2n) is 7.55. The summed E-state index contributed by atoms with van der Waals surface area (Å²) in [5.74, 6) is -0.325. The van der Waals surface area contributed by atoms with Crippen molar-refractivity contribution in [1.29, 1.82) is 0 Å². The number of thioether (sulfide) groups is 1. The highest BCUT2D eigenvalue weighted by atomic mass is 32.2. The maximum Gasteiger partial charge on any atom is 0.283 e. The van der Waals surface area contributed by atoms with E-state index in [1.54, 1.807) is 18.4 Å². The van der Waals surface area contributed by atoms with Gasteiger partial charge < -0.3 is 10.1 Å². The van der Waals surface area contributed by atoms with Crippen molar-refractivity contribution < 1.29 is 14.5 Å². The van der Waals surface area contributed by atoms with Crippen LogP contribution in [0.1, 0.15) is 35.3 Å². The minimum Gasteiger partial charge on any atom is -0.373 e. The van der Waals surface area contributed by atoms with Gasteiger partial charge in [0.1, 0.15) is 0 Å². The normalized spacial score (nSPS) is 19.4. The van der Waals surface area contributed by atoms with Gasteiger partial charge in [-0.3, -0.25) is 19.8 Å². The summed E-state index contributed by atoms with van der Waals surface area (Å²) in [4.78, 5) is 26.3. The number of ether oxygens (including phenoxy) is 1. The van der Waals surface area contributed by atoms with Crippen LogP contribution in [0.5, 0.6) is 0 Å². The third kappa shape index (κ3) is 5.59. The van der Waals surface area contributed by atoms with Gasteiger partial charge in [0, 0.05) is 37.8 Å². The van der Waals surface area contributed by atoms with Crippen LogP contribution < -0.4 is 5.32 Å². The summed E-state index contributed by atoms with van der Waals surface area (Å²) >= 11 is 1.29. The van der Waals surface area contributed by atoms with Crippen LogP contribution >= 0.6 is 11.8 Å². The molecule has 1 heterocycles. The topological polar surface area (TPSA) is 84.7 Å². The lowest BCUT2D eigenvalue weighted by Crippen LogP contribution is -2.45. The van der Waals surface area contributed by atoms with Gasteiger partial charge in [-0.1, -0.05) is 24.3 Å². The molecule has 1 aliphatic heterocycles. The number of nitrogens with one attached hydrogen (secondary N) is 1. The van der Waals surface area contributed by atoms with E-state index in [0.717, 1.165) is 30.8 Å². The Morgan fingerprint density at radius 2 is 1.87 bits per heavy atom. The number of benzene rings is 2. The molecule has 160 valence electrons. The first-order chi connectivity index (χ1) is 14.4. The highest BCUT2D eigenvalue weighted by Gasteiger charge is 2.23. The van der Waals surface area contributed by atoms with Gasteiger partial charge in [0.2, 0.25) is 0 Å². The number of hydrogen-bond acceptors (Lipinski definition) is 6. The van der Waals surface area contributed by atoms with E-state index in [9.17, 15) is 14.9 Å². The molecule has 0 aromatic heterocycles. The Morgan fingerprint density at radius 3 is 2.50 bits per heavy atom. The lowest BCUT2D eigenvalue weighted by Gasteiger charge is -2.35. The monoisotopic (exact) mass is 429 g/mol. The predicted octanol–water partition coefficient (Wildman–Crippen LogP) is 3.86. The van der Waals surface area contributed by atoms with E-state index in [1.807, 2.05) is 18.2 Å². The molecule has 8 heteroatoms. The van der Waals surface area contributed by atoms with Crippen LogP contribution in [-0.2, 0) is 17.8 Å². The van der Waals surface area contributed by atoms with Crippen LogP contribution in [0, 0.1) is 10.1 Å². The van der Waals surface area contributed by atoms with Crippen LogP contribution in [0.4, 0.5) is 5.69 Å². The maximum atomic E-state index is 12.6. The number of hydrogen-bond donors (Lipinski definition) is 1. The molecule has 1 saturated heterocycles. The standard InChI is InChI=1S/C22H27N3O4S/c1-15-12-24(13-16(2)29-15)14-19-7-5-4-6-18(19)11-23-22(26)17-8-9-21(30-3)20(10-17)25(27)28/h4-10,15-16H,11-14H2,1-3H3,(H,23,26). The Kier molecular flexibility index (Phi) is 7.47. The van der Waals surface area contributed by atoms with E-state index >= 15 is 0 Å². The number of carbonyl (C=O) groups excluding carboxylic acids is 1. The summed E-state index contributed by atoms with van der Waals surface area (Å²) in [6.45, 7) is 7.06. The zero-order chi connectivity index (χ0) is 21.7. The third-order valence-corrected chi connectivity index (χ3v) is 5.87. The molecule has 2 aromatic rings. The molecule has 0 bridgehead atoms. The lowest BCUT2D eigenvalue weighted by molar-refractivity contribution is -0.387. The highest BCUT2D eigenvalue weighted by molar-refractivity contribution is 7.98. The first-order valence-electron chi connectivity index (χ1n) is 9.92. The third-order valence-electron chi connectivity index (χ3n) is 5.08. The molecule has 1 amide bonds. The van der Waals surface area contributed by atoms with Crippen molar-refractivity contribution in [2.75, 3.05) is 19.3 Å². The summed E-state index contributed by atoms with van der Waals surface area (Å²) in [6.07, 6.45) is 2.16. The Balaban J connectivity index is 1.68. The first-order valence-corrected chi connectivity index (χ1v) is 11.1.